The van der Waals surface area contributed by atoms with Gasteiger partial charge >= 0.3 is 0 Å². The van der Waals surface area contributed by atoms with E-state index in [1.54, 1.807) is 12.1 Å². The highest BCUT2D eigenvalue weighted by Gasteiger charge is 2.19. The van der Waals surface area contributed by atoms with Crippen LogP contribution >= 0.6 is 23.4 Å². The Morgan fingerprint density at radius 3 is 2.72 bits per heavy atom. The first-order valence-electron chi connectivity index (χ1n) is 9.15. The highest BCUT2D eigenvalue weighted by molar-refractivity contribution is 7.99. The van der Waals surface area contributed by atoms with Crippen molar-refractivity contribution in [3.05, 3.63) is 64.4 Å². The molecule has 0 bridgehead atoms. The van der Waals surface area contributed by atoms with Crippen molar-refractivity contribution in [1.82, 2.24) is 14.8 Å². The predicted molar refractivity (Wildman–Crippen MR) is 117 cm³/mol. The Morgan fingerprint density at radius 2 is 2.00 bits per heavy atom. The van der Waals surface area contributed by atoms with E-state index in [1.165, 1.54) is 17.3 Å². The molecule has 1 unspecified atom stereocenters. The molecule has 0 aliphatic rings. The Balaban J connectivity index is 1.61. The second-order valence-electron chi connectivity index (χ2n) is 6.75. The number of hydrogen-bond acceptors (Lipinski definition) is 5. The number of carbonyl (C=O) groups excluding carboxylic acids is 1. The number of benzene rings is 2. The summed E-state index contributed by atoms with van der Waals surface area (Å²) in [6.07, 6.45) is -0.278. The standard InChI is InChI=1S/C21H23ClN4O2S/c1-13-9-10-18(14(2)11-13)28-15(3)20-24-25-21(26(20)4)29-12-19(27)23-17-8-6-5-7-16(17)22/h5-11,15H,12H2,1-4H3,(H,23,27). The van der Waals surface area contributed by atoms with Crippen molar-refractivity contribution in [3.8, 4) is 5.75 Å². The number of nitrogens with zero attached hydrogens (tertiary/aromatic N) is 3. The molecule has 0 radical (unpaired) electrons. The van der Waals surface area contributed by atoms with Crippen LogP contribution in [0.5, 0.6) is 5.75 Å². The van der Waals surface area contributed by atoms with Gasteiger partial charge in [0.25, 0.3) is 0 Å². The second-order valence-corrected chi connectivity index (χ2v) is 8.10. The molecule has 0 saturated heterocycles. The molecule has 0 spiro atoms. The van der Waals surface area contributed by atoms with Gasteiger partial charge in [-0.15, -0.1) is 10.2 Å². The summed E-state index contributed by atoms with van der Waals surface area (Å²) in [5, 5.41) is 12.4. The van der Waals surface area contributed by atoms with Crippen molar-refractivity contribution in [3.63, 3.8) is 0 Å². The van der Waals surface area contributed by atoms with Gasteiger partial charge in [-0.05, 0) is 44.5 Å². The number of nitrogens with one attached hydrogen (secondary N) is 1. The summed E-state index contributed by atoms with van der Waals surface area (Å²) < 4.78 is 7.92. The Hall–Kier alpha value is -2.51. The summed E-state index contributed by atoms with van der Waals surface area (Å²) in [6.45, 7) is 6.00. The molecule has 152 valence electrons. The lowest BCUT2D eigenvalue weighted by molar-refractivity contribution is -0.113. The number of aromatic nitrogens is 3. The Labute approximate surface area is 179 Å². The first-order valence-corrected chi connectivity index (χ1v) is 10.5. The lowest BCUT2D eigenvalue weighted by Gasteiger charge is -2.16. The SMILES string of the molecule is Cc1ccc(OC(C)c2nnc(SCC(=O)Nc3ccccc3Cl)n2C)c(C)c1. The molecule has 3 rings (SSSR count). The molecule has 1 atom stereocenters. The molecule has 2 aromatic carbocycles. The molecule has 1 amide bonds. The van der Waals surface area contributed by atoms with Gasteiger partial charge in [0, 0.05) is 7.05 Å². The van der Waals surface area contributed by atoms with Crippen molar-refractivity contribution in [2.75, 3.05) is 11.1 Å². The smallest absolute Gasteiger partial charge is 0.234 e. The minimum Gasteiger partial charge on any atom is -0.482 e. The maximum Gasteiger partial charge on any atom is 0.234 e. The first-order chi connectivity index (χ1) is 13.8. The molecule has 1 N–H and O–H groups in total. The number of amides is 1. The van der Waals surface area contributed by atoms with Crippen LogP contribution in [0.4, 0.5) is 5.69 Å². The lowest BCUT2D eigenvalue weighted by Crippen LogP contribution is -2.15. The summed E-state index contributed by atoms with van der Waals surface area (Å²) in [6, 6.07) is 13.2. The fourth-order valence-electron chi connectivity index (χ4n) is 2.86. The van der Waals surface area contributed by atoms with Gasteiger partial charge in [-0.3, -0.25) is 4.79 Å². The average Bonchev–Trinajstić information content (AvgIpc) is 3.05. The van der Waals surface area contributed by atoms with Gasteiger partial charge in [-0.1, -0.05) is 53.2 Å². The van der Waals surface area contributed by atoms with E-state index in [1.807, 2.05) is 56.7 Å². The third kappa shape index (κ3) is 5.31. The molecular formula is C21H23ClN4O2S. The Kier molecular flexibility index (Phi) is 6.82. The van der Waals surface area contributed by atoms with E-state index in [2.05, 4.69) is 21.6 Å². The van der Waals surface area contributed by atoms with Crippen LogP contribution in [0.3, 0.4) is 0 Å². The molecule has 0 fully saturated rings. The summed E-state index contributed by atoms with van der Waals surface area (Å²) in [4.78, 5) is 12.2. The van der Waals surface area contributed by atoms with Crippen LogP contribution < -0.4 is 10.1 Å². The molecule has 6 nitrogen and oxygen atoms in total. The van der Waals surface area contributed by atoms with Crippen molar-refractivity contribution in [2.24, 2.45) is 7.05 Å². The molecule has 0 aliphatic carbocycles. The molecule has 29 heavy (non-hydrogen) atoms. The van der Waals surface area contributed by atoms with Gasteiger partial charge in [0.2, 0.25) is 5.91 Å². The fraction of sp³-hybridized carbons (Fsp3) is 0.286. The third-order valence-electron chi connectivity index (χ3n) is 4.35. The van der Waals surface area contributed by atoms with E-state index in [-0.39, 0.29) is 17.8 Å². The minimum absolute atomic E-state index is 0.160. The number of aryl methyl sites for hydroxylation is 2. The van der Waals surface area contributed by atoms with Gasteiger partial charge in [0.1, 0.15) is 5.75 Å². The predicted octanol–water partition coefficient (Wildman–Crippen LogP) is 4.96. The summed E-state index contributed by atoms with van der Waals surface area (Å²) in [5.41, 5.74) is 2.86. The number of rotatable bonds is 7. The van der Waals surface area contributed by atoms with E-state index in [0.29, 0.717) is 21.7 Å². The molecule has 0 aliphatic heterocycles. The Bertz CT molecular complexity index is 1020. The molecule has 8 heteroatoms. The van der Waals surface area contributed by atoms with Crippen LogP contribution in [0.25, 0.3) is 0 Å². The summed E-state index contributed by atoms with van der Waals surface area (Å²) >= 11 is 7.38. The van der Waals surface area contributed by atoms with Crippen molar-refractivity contribution in [1.29, 1.82) is 0 Å². The normalized spacial score (nSPS) is 11.9. The van der Waals surface area contributed by atoms with Crippen molar-refractivity contribution < 1.29 is 9.53 Å². The zero-order chi connectivity index (χ0) is 21.0. The van der Waals surface area contributed by atoms with E-state index in [4.69, 9.17) is 16.3 Å². The zero-order valence-electron chi connectivity index (χ0n) is 16.8. The van der Waals surface area contributed by atoms with Crippen molar-refractivity contribution >= 4 is 35.0 Å². The number of halogens is 1. The third-order valence-corrected chi connectivity index (χ3v) is 5.70. The number of carbonyl (C=O) groups is 1. The number of para-hydroxylation sites is 1. The van der Waals surface area contributed by atoms with Gasteiger partial charge in [-0.25, -0.2) is 0 Å². The largest absolute Gasteiger partial charge is 0.482 e. The van der Waals surface area contributed by atoms with Gasteiger partial charge < -0.3 is 14.6 Å². The maximum atomic E-state index is 12.2. The number of hydrogen-bond donors (Lipinski definition) is 1. The Morgan fingerprint density at radius 1 is 1.24 bits per heavy atom. The van der Waals surface area contributed by atoms with Crippen molar-refractivity contribution in [2.45, 2.75) is 32.0 Å². The lowest BCUT2D eigenvalue weighted by atomic mass is 10.1. The van der Waals surface area contributed by atoms with Gasteiger partial charge in [0.15, 0.2) is 17.1 Å². The van der Waals surface area contributed by atoms with Crippen LogP contribution in [0.15, 0.2) is 47.6 Å². The number of ether oxygens (including phenoxy) is 1. The quantitative estimate of drug-likeness (QED) is 0.536. The van der Waals surface area contributed by atoms with E-state index in [9.17, 15) is 4.79 Å². The molecule has 1 aromatic heterocycles. The van der Waals surface area contributed by atoms with Crippen LogP contribution in [0.1, 0.15) is 30.0 Å². The van der Waals surface area contributed by atoms with E-state index >= 15 is 0 Å². The summed E-state index contributed by atoms with van der Waals surface area (Å²) in [5.74, 6) is 1.55. The van der Waals surface area contributed by atoms with E-state index < -0.39 is 0 Å². The van der Waals surface area contributed by atoms with Crippen LogP contribution in [-0.4, -0.2) is 26.4 Å². The van der Waals surface area contributed by atoms with E-state index in [0.717, 1.165) is 11.3 Å². The summed E-state index contributed by atoms with van der Waals surface area (Å²) in [7, 11) is 1.87. The zero-order valence-corrected chi connectivity index (χ0v) is 18.3. The number of anilines is 1. The first kappa shape index (κ1) is 21.2. The maximum absolute atomic E-state index is 12.2. The monoisotopic (exact) mass is 430 g/mol. The highest BCUT2D eigenvalue weighted by atomic mass is 35.5. The number of thioether (sulfide) groups is 1. The minimum atomic E-state index is -0.278. The van der Waals surface area contributed by atoms with Gasteiger partial charge in [-0.2, -0.15) is 0 Å². The van der Waals surface area contributed by atoms with Crippen LogP contribution in [0, 0.1) is 13.8 Å². The second kappa shape index (κ2) is 9.33. The highest BCUT2D eigenvalue weighted by Crippen LogP contribution is 2.27. The molecule has 1 heterocycles. The van der Waals surface area contributed by atoms with Crippen LogP contribution in [0.2, 0.25) is 5.02 Å². The average molecular weight is 431 g/mol. The fourth-order valence-corrected chi connectivity index (χ4v) is 3.76. The topological polar surface area (TPSA) is 69.0 Å². The van der Waals surface area contributed by atoms with Gasteiger partial charge in [0.05, 0.1) is 16.5 Å². The molecule has 0 saturated carbocycles. The molecule has 3 aromatic rings. The van der Waals surface area contributed by atoms with Crippen LogP contribution in [-0.2, 0) is 11.8 Å². The molecular weight excluding hydrogens is 408 g/mol.